The van der Waals surface area contributed by atoms with E-state index in [4.69, 9.17) is 0 Å². The third-order valence-corrected chi connectivity index (χ3v) is 4.80. The van der Waals surface area contributed by atoms with E-state index in [1.807, 2.05) is 24.3 Å². The summed E-state index contributed by atoms with van der Waals surface area (Å²) in [6.07, 6.45) is 3.14. The maximum Gasteiger partial charge on any atom is 0.167 e. The number of anilines is 1. The number of hydrogen-bond donors (Lipinski definition) is 1. The van der Waals surface area contributed by atoms with Gasteiger partial charge in [-0.2, -0.15) is 5.10 Å². The molecule has 2 heterocycles. The first-order chi connectivity index (χ1) is 12.3. The quantitative estimate of drug-likeness (QED) is 0.420. The number of hydrazone groups is 1. The molecule has 4 nitrogen and oxygen atoms in total. The molecule has 0 aliphatic carbocycles. The summed E-state index contributed by atoms with van der Waals surface area (Å²) < 4.78 is 13.9. The van der Waals surface area contributed by atoms with Gasteiger partial charge in [0.25, 0.3) is 0 Å². The molecule has 0 saturated heterocycles. The van der Waals surface area contributed by atoms with Gasteiger partial charge in [-0.1, -0.05) is 42.5 Å². The van der Waals surface area contributed by atoms with Crippen LogP contribution in [-0.2, 0) is 0 Å². The van der Waals surface area contributed by atoms with Gasteiger partial charge in [-0.05, 0) is 29.3 Å². The van der Waals surface area contributed by atoms with Crippen molar-refractivity contribution in [3.05, 3.63) is 78.4 Å². The van der Waals surface area contributed by atoms with Crippen LogP contribution in [0.1, 0.15) is 5.56 Å². The van der Waals surface area contributed by atoms with Crippen molar-refractivity contribution < 1.29 is 4.39 Å². The molecule has 0 fully saturated rings. The largest absolute Gasteiger partial charge is 0.260 e. The number of aromatic nitrogens is 2. The van der Waals surface area contributed by atoms with Crippen molar-refractivity contribution in [2.75, 3.05) is 5.43 Å². The van der Waals surface area contributed by atoms with Gasteiger partial charge < -0.3 is 0 Å². The van der Waals surface area contributed by atoms with Crippen LogP contribution < -0.4 is 5.43 Å². The van der Waals surface area contributed by atoms with Crippen LogP contribution >= 0.6 is 11.3 Å². The van der Waals surface area contributed by atoms with Crippen LogP contribution in [0.4, 0.5) is 10.2 Å². The molecule has 0 atom stereocenters. The maximum atomic E-state index is 12.9. The van der Waals surface area contributed by atoms with Gasteiger partial charge in [0.05, 0.1) is 16.4 Å². The first-order valence-electron chi connectivity index (χ1n) is 7.64. The molecule has 6 heteroatoms. The third-order valence-electron chi connectivity index (χ3n) is 3.62. The van der Waals surface area contributed by atoms with Gasteiger partial charge in [-0.25, -0.2) is 14.4 Å². The molecule has 0 saturated carbocycles. The molecular formula is C19H13FN4S. The summed E-state index contributed by atoms with van der Waals surface area (Å²) in [6.45, 7) is 0. The van der Waals surface area contributed by atoms with E-state index in [1.54, 1.807) is 29.7 Å². The number of benzene rings is 2. The summed E-state index contributed by atoms with van der Waals surface area (Å²) in [5.41, 5.74) is 5.77. The lowest BCUT2D eigenvalue weighted by Gasteiger charge is -1.99. The number of rotatable bonds is 4. The van der Waals surface area contributed by atoms with Gasteiger partial charge in [-0.3, -0.25) is 5.43 Å². The van der Waals surface area contributed by atoms with Crippen molar-refractivity contribution in [1.29, 1.82) is 0 Å². The Morgan fingerprint density at radius 2 is 1.80 bits per heavy atom. The Labute approximate surface area is 147 Å². The number of nitrogens with zero attached hydrogens (tertiary/aromatic N) is 3. The van der Waals surface area contributed by atoms with Crippen LogP contribution in [0.2, 0.25) is 0 Å². The maximum absolute atomic E-state index is 12.9. The van der Waals surface area contributed by atoms with Crippen molar-refractivity contribution in [3.63, 3.8) is 0 Å². The Morgan fingerprint density at radius 1 is 1.00 bits per heavy atom. The first kappa shape index (κ1) is 15.4. The van der Waals surface area contributed by atoms with Crippen molar-refractivity contribution >= 4 is 33.6 Å². The van der Waals surface area contributed by atoms with Crippen molar-refractivity contribution in [2.24, 2.45) is 5.10 Å². The van der Waals surface area contributed by atoms with Crippen LogP contribution in [0.25, 0.3) is 20.7 Å². The first-order valence-corrected chi connectivity index (χ1v) is 8.46. The van der Waals surface area contributed by atoms with E-state index >= 15 is 0 Å². The second-order valence-electron chi connectivity index (χ2n) is 5.33. The van der Waals surface area contributed by atoms with Crippen molar-refractivity contribution in [1.82, 2.24) is 9.97 Å². The second-order valence-corrected chi connectivity index (χ2v) is 6.39. The molecule has 25 heavy (non-hydrogen) atoms. The Morgan fingerprint density at radius 3 is 2.60 bits per heavy atom. The molecule has 0 aliphatic rings. The minimum atomic E-state index is -0.269. The molecule has 0 spiro atoms. The predicted octanol–water partition coefficient (Wildman–Crippen LogP) is 4.94. The fraction of sp³-hybridized carbons (Fsp3) is 0. The topological polar surface area (TPSA) is 50.2 Å². The van der Waals surface area contributed by atoms with Gasteiger partial charge in [-0.15, -0.1) is 11.3 Å². The van der Waals surface area contributed by atoms with E-state index in [1.165, 1.54) is 18.5 Å². The Balaban J connectivity index is 1.61. The molecule has 0 aliphatic heterocycles. The highest BCUT2D eigenvalue weighted by molar-refractivity contribution is 7.22. The van der Waals surface area contributed by atoms with E-state index < -0.39 is 0 Å². The summed E-state index contributed by atoms with van der Waals surface area (Å²) in [5, 5.41) is 4.19. The van der Waals surface area contributed by atoms with Crippen LogP contribution in [0.5, 0.6) is 0 Å². The highest BCUT2D eigenvalue weighted by Gasteiger charge is 2.09. The molecule has 2 aromatic carbocycles. The minimum absolute atomic E-state index is 0.269. The zero-order chi connectivity index (χ0) is 17.1. The molecular weight excluding hydrogens is 335 g/mol. The molecule has 0 bridgehead atoms. The smallest absolute Gasteiger partial charge is 0.167 e. The third kappa shape index (κ3) is 3.39. The van der Waals surface area contributed by atoms with Gasteiger partial charge in [0, 0.05) is 4.88 Å². The number of thiophene rings is 1. The molecule has 4 rings (SSSR count). The lowest BCUT2D eigenvalue weighted by molar-refractivity contribution is 0.628. The average molecular weight is 348 g/mol. The molecule has 1 N–H and O–H groups in total. The molecule has 4 aromatic rings. The summed E-state index contributed by atoms with van der Waals surface area (Å²) in [5.74, 6) is 0.380. The Bertz CT molecular complexity index is 1030. The minimum Gasteiger partial charge on any atom is -0.260 e. The van der Waals surface area contributed by atoms with Gasteiger partial charge in [0.1, 0.15) is 12.1 Å². The van der Waals surface area contributed by atoms with E-state index in [-0.39, 0.29) is 5.82 Å². The zero-order valence-electron chi connectivity index (χ0n) is 13.1. The Kier molecular flexibility index (Phi) is 4.18. The van der Waals surface area contributed by atoms with Crippen molar-refractivity contribution in [2.45, 2.75) is 0 Å². The zero-order valence-corrected chi connectivity index (χ0v) is 13.9. The number of nitrogens with one attached hydrogen (secondary N) is 1. The van der Waals surface area contributed by atoms with Crippen molar-refractivity contribution in [3.8, 4) is 10.4 Å². The number of hydrogen-bond acceptors (Lipinski definition) is 5. The van der Waals surface area contributed by atoms with E-state index in [2.05, 4.69) is 32.6 Å². The van der Waals surface area contributed by atoms with E-state index in [9.17, 15) is 4.39 Å². The average Bonchev–Trinajstić information content (AvgIpc) is 3.09. The van der Waals surface area contributed by atoms with E-state index in [0.717, 1.165) is 26.2 Å². The van der Waals surface area contributed by atoms with Gasteiger partial charge in [0.2, 0.25) is 0 Å². The summed E-state index contributed by atoms with van der Waals surface area (Å²) in [7, 11) is 0. The van der Waals surface area contributed by atoms with E-state index in [0.29, 0.717) is 5.82 Å². The molecule has 2 aromatic heterocycles. The van der Waals surface area contributed by atoms with Crippen LogP contribution in [-0.4, -0.2) is 16.2 Å². The lowest BCUT2D eigenvalue weighted by Crippen LogP contribution is -1.94. The SMILES string of the molecule is Fc1ccc(/C=N/Nc2ncnc3cc(-c4ccccc4)sc23)cc1. The summed E-state index contributed by atoms with van der Waals surface area (Å²) in [6, 6.07) is 18.3. The molecule has 0 unspecified atom stereocenters. The molecule has 0 amide bonds. The number of fused-ring (bicyclic) bond motifs is 1. The fourth-order valence-electron chi connectivity index (χ4n) is 2.40. The standard InChI is InChI=1S/C19H13FN4S/c20-15-8-6-13(7-9-15)11-23-24-19-18-16(21-12-22-19)10-17(25-18)14-4-2-1-3-5-14/h1-12H,(H,21,22,24)/b23-11+. The normalized spacial score (nSPS) is 11.2. The monoisotopic (exact) mass is 348 g/mol. The lowest BCUT2D eigenvalue weighted by atomic mass is 10.2. The van der Waals surface area contributed by atoms with Crippen LogP contribution in [0.15, 0.2) is 72.1 Å². The second kappa shape index (κ2) is 6.78. The molecule has 122 valence electrons. The van der Waals surface area contributed by atoms with Gasteiger partial charge >= 0.3 is 0 Å². The molecule has 0 radical (unpaired) electrons. The highest BCUT2D eigenvalue weighted by Crippen LogP contribution is 2.35. The summed E-state index contributed by atoms with van der Waals surface area (Å²) >= 11 is 1.61. The summed E-state index contributed by atoms with van der Waals surface area (Å²) in [4.78, 5) is 9.73. The Hall–Kier alpha value is -3.12. The number of halogens is 1. The van der Waals surface area contributed by atoms with Crippen LogP contribution in [0.3, 0.4) is 0 Å². The van der Waals surface area contributed by atoms with Gasteiger partial charge in [0.15, 0.2) is 5.82 Å². The predicted molar refractivity (Wildman–Crippen MR) is 100 cm³/mol. The highest BCUT2D eigenvalue weighted by atomic mass is 32.1. The fourth-order valence-corrected chi connectivity index (χ4v) is 3.45. The van der Waals surface area contributed by atoms with Crippen LogP contribution in [0, 0.1) is 5.82 Å².